The summed E-state index contributed by atoms with van der Waals surface area (Å²) in [5.41, 5.74) is 0.226. The Bertz CT molecular complexity index is 1340. The standard InChI is InChI=1S/C30H38N4O12S2/c1-15(35)45-11-17-13-47-27-21(25(39)33(27)23(17)29(41)42)31-19(37)9-7-5-3-4-6-8-10-20(38)32-22-26(40)34-24(30(43)44)18(12-46-16(2)36)14-48-28(22)34/h21-22,27-28H,3-14H2,1-2H3,(H,31,37)(H,32,38)(H,41,42)(H,43,44)/t21-,22-,27-,28-/m1/s1. The number of nitrogens with one attached hydrogen (secondary N) is 2. The van der Waals surface area contributed by atoms with Crippen LogP contribution in [0.2, 0.25) is 0 Å². The molecule has 4 atom stereocenters. The van der Waals surface area contributed by atoms with Crippen molar-refractivity contribution in [2.24, 2.45) is 0 Å². The molecule has 4 N–H and O–H groups in total. The number of carboxylic acids is 2. The lowest BCUT2D eigenvalue weighted by molar-refractivity contribution is -0.151. The van der Waals surface area contributed by atoms with Crippen LogP contribution in [0.1, 0.15) is 65.2 Å². The fourth-order valence-corrected chi connectivity index (χ4v) is 8.39. The largest absolute Gasteiger partial charge is 0.477 e. The highest BCUT2D eigenvalue weighted by atomic mass is 32.2. The first-order valence-electron chi connectivity index (χ1n) is 15.5. The number of β-lactam (4-membered cyclic amide) rings is 2. The highest BCUT2D eigenvalue weighted by molar-refractivity contribution is 8.00. The first kappa shape index (κ1) is 36.8. The molecular weight excluding hydrogens is 672 g/mol. The zero-order valence-electron chi connectivity index (χ0n) is 26.5. The van der Waals surface area contributed by atoms with E-state index < -0.39 is 58.5 Å². The van der Waals surface area contributed by atoms with E-state index in [1.165, 1.54) is 37.4 Å². The van der Waals surface area contributed by atoms with Gasteiger partial charge in [-0.1, -0.05) is 25.7 Å². The van der Waals surface area contributed by atoms with Crippen LogP contribution >= 0.6 is 23.5 Å². The molecule has 48 heavy (non-hydrogen) atoms. The maximum absolute atomic E-state index is 12.7. The molecule has 0 aromatic rings. The van der Waals surface area contributed by atoms with Gasteiger partial charge in [0.15, 0.2) is 0 Å². The Hall–Kier alpha value is -4.06. The van der Waals surface area contributed by atoms with Crippen molar-refractivity contribution in [1.29, 1.82) is 0 Å². The van der Waals surface area contributed by atoms with Crippen molar-refractivity contribution < 1.29 is 58.0 Å². The maximum atomic E-state index is 12.7. The van der Waals surface area contributed by atoms with Gasteiger partial charge in [0.1, 0.15) is 47.4 Å². The monoisotopic (exact) mass is 710 g/mol. The van der Waals surface area contributed by atoms with E-state index in [9.17, 15) is 48.6 Å². The van der Waals surface area contributed by atoms with E-state index in [4.69, 9.17) is 9.47 Å². The summed E-state index contributed by atoms with van der Waals surface area (Å²) in [4.78, 5) is 98.5. The van der Waals surface area contributed by atoms with Gasteiger partial charge < -0.3 is 30.3 Å². The normalized spacial score (nSPS) is 23.0. The number of hydrogen-bond acceptors (Lipinski definition) is 12. The molecule has 0 aliphatic carbocycles. The van der Waals surface area contributed by atoms with Crippen LogP contribution in [-0.2, 0) is 47.8 Å². The van der Waals surface area contributed by atoms with Crippen LogP contribution < -0.4 is 10.6 Å². The average molecular weight is 711 g/mol. The van der Waals surface area contributed by atoms with E-state index in [2.05, 4.69) is 10.6 Å². The summed E-state index contributed by atoms with van der Waals surface area (Å²) in [7, 11) is 0. The van der Waals surface area contributed by atoms with Crippen LogP contribution in [0.15, 0.2) is 22.5 Å². The molecule has 18 heteroatoms. The molecule has 0 aromatic carbocycles. The number of hydrogen-bond donors (Lipinski definition) is 4. The van der Waals surface area contributed by atoms with Gasteiger partial charge in [0, 0.05) is 49.3 Å². The number of carboxylic acid groups (broad SMARTS) is 2. The number of fused-ring (bicyclic) bond motifs is 2. The van der Waals surface area contributed by atoms with Gasteiger partial charge in [-0.3, -0.25) is 38.6 Å². The summed E-state index contributed by atoms with van der Waals surface area (Å²) >= 11 is 2.60. The third kappa shape index (κ3) is 8.50. The van der Waals surface area contributed by atoms with Crippen molar-refractivity contribution in [2.75, 3.05) is 24.7 Å². The fraction of sp³-hybridized carbons (Fsp3) is 0.600. The molecule has 4 heterocycles. The third-order valence-corrected chi connectivity index (χ3v) is 10.8. The van der Waals surface area contributed by atoms with Crippen LogP contribution in [0.25, 0.3) is 0 Å². The number of aliphatic carboxylic acids is 2. The molecule has 4 rings (SSSR count). The molecule has 16 nitrogen and oxygen atoms in total. The minimum Gasteiger partial charge on any atom is -0.477 e. The average Bonchev–Trinajstić information content (AvgIpc) is 3.03. The molecule has 0 radical (unpaired) electrons. The second-order valence-corrected chi connectivity index (χ2v) is 13.8. The molecule has 2 fully saturated rings. The summed E-state index contributed by atoms with van der Waals surface area (Å²) in [6.45, 7) is 1.98. The quantitative estimate of drug-likeness (QED) is 0.0927. The zero-order valence-corrected chi connectivity index (χ0v) is 28.1. The Labute approximate surface area is 284 Å². The SMILES string of the molecule is CC(=O)OCC1=C(C(=O)O)N2C(=O)[C@@H](NC(=O)CCCCCCCCC(=O)N[C@@H]3C(=O)N4C(C(=O)O)=C(COC(C)=O)CS[C@H]34)[C@H]2SC1. The molecule has 262 valence electrons. The van der Waals surface area contributed by atoms with Crippen LogP contribution in [-0.4, -0.2) is 115 Å². The molecule has 0 unspecified atom stereocenters. The van der Waals surface area contributed by atoms with Crippen molar-refractivity contribution in [1.82, 2.24) is 20.4 Å². The Morgan fingerprint density at radius 3 is 1.35 bits per heavy atom. The number of amides is 4. The molecule has 4 aliphatic rings. The number of thioether (sulfide) groups is 2. The first-order valence-corrected chi connectivity index (χ1v) is 17.6. The van der Waals surface area contributed by atoms with Gasteiger partial charge >= 0.3 is 23.9 Å². The van der Waals surface area contributed by atoms with E-state index in [1.807, 2.05) is 0 Å². The third-order valence-electron chi connectivity index (χ3n) is 8.09. The van der Waals surface area contributed by atoms with Gasteiger partial charge in [-0.15, -0.1) is 23.5 Å². The summed E-state index contributed by atoms with van der Waals surface area (Å²) in [6, 6.07) is -1.65. The van der Waals surface area contributed by atoms with Crippen molar-refractivity contribution in [3.8, 4) is 0 Å². The molecule has 0 spiro atoms. The maximum Gasteiger partial charge on any atom is 0.352 e. The molecule has 0 bridgehead atoms. The predicted octanol–water partition coefficient (Wildman–Crippen LogP) is 0.711. The Balaban J connectivity index is 1.08. The number of carbonyl (C=O) groups excluding carboxylic acids is 6. The molecule has 2 saturated heterocycles. The minimum absolute atomic E-state index is 0.207. The smallest absolute Gasteiger partial charge is 0.352 e. The van der Waals surface area contributed by atoms with Crippen molar-refractivity contribution in [2.45, 2.75) is 88.0 Å². The van der Waals surface area contributed by atoms with E-state index in [1.54, 1.807) is 0 Å². The Kier molecular flexibility index (Phi) is 12.5. The van der Waals surface area contributed by atoms with Gasteiger partial charge in [-0.05, 0) is 12.8 Å². The van der Waals surface area contributed by atoms with Gasteiger partial charge in [0.25, 0.3) is 11.8 Å². The summed E-state index contributed by atoms with van der Waals surface area (Å²) in [5.74, 6) is -4.87. The Morgan fingerprint density at radius 1 is 0.667 bits per heavy atom. The first-order chi connectivity index (χ1) is 22.8. The van der Waals surface area contributed by atoms with Crippen molar-refractivity contribution in [3.63, 3.8) is 0 Å². The lowest BCUT2D eigenvalue weighted by Gasteiger charge is -2.49. The van der Waals surface area contributed by atoms with E-state index in [0.717, 1.165) is 35.5 Å². The molecule has 0 aromatic heterocycles. The molecule has 4 amide bonds. The van der Waals surface area contributed by atoms with Gasteiger partial charge in [-0.2, -0.15) is 0 Å². The van der Waals surface area contributed by atoms with Crippen molar-refractivity contribution >= 4 is 71.0 Å². The van der Waals surface area contributed by atoms with Crippen LogP contribution in [0.3, 0.4) is 0 Å². The van der Waals surface area contributed by atoms with E-state index in [-0.39, 0.29) is 60.8 Å². The van der Waals surface area contributed by atoms with Crippen LogP contribution in [0, 0.1) is 0 Å². The minimum atomic E-state index is -1.30. The fourth-order valence-electron chi connectivity index (χ4n) is 5.74. The predicted molar refractivity (Wildman–Crippen MR) is 170 cm³/mol. The second kappa shape index (κ2) is 16.4. The second-order valence-electron chi connectivity index (χ2n) is 11.6. The van der Waals surface area contributed by atoms with Gasteiger partial charge in [-0.25, -0.2) is 9.59 Å². The Morgan fingerprint density at radius 2 is 1.02 bits per heavy atom. The van der Waals surface area contributed by atoms with E-state index >= 15 is 0 Å². The summed E-state index contributed by atoms with van der Waals surface area (Å²) in [5, 5.41) is 23.6. The van der Waals surface area contributed by atoms with E-state index in [0.29, 0.717) is 24.0 Å². The highest BCUT2D eigenvalue weighted by Gasteiger charge is 2.55. The molecule has 4 aliphatic heterocycles. The summed E-state index contributed by atoms with van der Waals surface area (Å²) in [6.07, 6.45) is 4.78. The lowest BCUT2D eigenvalue weighted by Crippen LogP contribution is -2.70. The van der Waals surface area contributed by atoms with Crippen molar-refractivity contribution in [3.05, 3.63) is 22.5 Å². The van der Waals surface area contributed by atoms with Crippen LogP contribution in [0.4, 0.5) is 0 Å². The number of carbonyl (C=O) groups is 8. The van der Waals surface area contributed by atoms with Gasteiger partial charge in [0.2, 0.25) is 11.8 Å². The van der Waals surface area contributed by atoms with Gasteiger partial charge in [0.05, 0.1) is 0 Å². The number of unbranched alkanes of at least 4 members (excludes halogenated alkanes) is 5. The van der Waals surface area contributed by atoms with Crippen LogP contribution in [0.5, 0.6) is 0 Å². The number of rotatable bonds is 17. The number of esters is 2. The number of nitrogens with zero attached hydrogens (tertiary/aromatic N) is 2. The zero-order chi connectivity index (χ0) is 35.1. The highest BCUT2D eigenvalue weighted by Crippen LogP contribution is 2.41. The lowest BCUT2D eigenvalue weighted by atomic mass is 10.0. The number of ether oxygens (including phenoxy) is 2. The molecular formula is C30H38N4O12S2. The molecule has 0 saturated carbocycles. The topological polar surface area (TPSA) is 226 Å². The summed E-state index contributed by atoms with van der Waals surface area (Å²) < 4.78 is 9.83.